The van der Waals surface area contributed by atoms with Crippen molar-refractivity contribution in [2.24, 2.45) is 5.92 Å². The van der Waals surface area contributed by atoms with E-state index in [-0.39, 0.29) is 27.1 Å². The molecule has 0 fully saturated rings. The van der Waals surface area contributed by atoms with Gasteiger partial charge in [0.2, 0.25) is 11.8 Å². The van der Waals surface area contributed by atoms with Crippen LogP contribution in [0.25, 0.3) is 0 Å². The number of carbonyl (C=O) groups is 2. The number of halogens is 4. The minimum absolute atomic E-state index is 0. The van der Waals surface area contributed by atoms with Gasteiger partial charge in [-0.2, -0.15) is 0 Å². The van der Waals surface area contributed by atoms with E-state index in [2.05, 4.69) is 9.47 Å². The van der Waals surface area contributed by atoms with Crippen LogP contribution in [0.3, 0.4) is 0 Å². The molecule has 0 heterocycles. The monoisotopic (exact) mass is 376 g/mol. The SMILES string of the molecule is C.CCOC(=O)C(CC)CC(C)(F)F.CCOC(=O)CCC(C)(F)F. The van der Waals surface area contributed by atoms with Crippen LogP contribution in [0, 0.1) is 5.92 Å². The Morgan fingerprint density at radius 2 is 1.40 bits per heavy atom. The molecule has 0 radical (unpaired) electrons. The van der Waals surface area contributed by atoms with Crippen molar-refractivity contribution in [2.45, 2.75) is 79.6 Å². The third kappa shape index (κ3) is 20.6. The van der Waals surface area contributed by atoms with Gasteiger partial charge < -0.3 is 9.47 Å². The van der Waals surface area contributed by atoms with Crippen molar-refractivity contribution < 1.29 is 36.6 Å². The maximum Gasteiger partial charge on any atom is 0.309 e. The molecule has 1 atom stereocenters. The van der Waals surface area contributed by atoms with Gasteiger partial charge in [-0.25, -0.2) is 17.6 Å². The molecule has 1 unspecified atom stereocenters. The van der Waals surface area contributed by atoms with Crippen LogP contribution < -0.4 is 0 Å². The van der Waals surface area contributed by atoms with Crippen molar-refractivity contribution in [1.82, 2.24) is 0 Å². The van der Waals surface area contributed by atoms with E-state index in [0.29, 0.717) is 6.42 Å². The Hall–Kier alpha value is -1.34. The lowest BCUT2D eigenvalue weighted by Gasteiger charge is -2.17. The summed E-state index contributed by atoms with van der Waals surface area (Å²) in [6.07, 6.45) is -0.687. The van der Waals surface area contributed by atoms with Gasteiger partial charge in [-0.15, -0.1) is 0 Å². The second kappa shape index (κ2) is 13.9. The zero-order valence-electron chi connectivity index (χ0n) is 15.0. The van der Waals surface area contributed by atoms with Gasteiger partial charge in [0.25, 0.3) is 0 Å². The Kier molecular flexibility index (Phi) is 15.8. The standard InChI is InChI=1S/C9H16F2O2.C7H12F2O2.CH4/c1-4-7(6-9(3,10)11)8(12)13-5-2;1-3-11-6(10)4-5-7(2,8)9;/h7H,4-6H2,1-3H3;3-5H2,1-2H3;1H4. The number of hydrogen-bond acceptors (Lipinski definition) is 4. The first-order chi connectivity index (χ1) is 10.9. The van der Waals surface area contributed by atoms with Gasteiger partial charge in [0.1, 0.15) is 0 Å². The molecule has 4 nitrogen and oxygen atoms in total. The third-order valence-electron chi connectivity index (χ3n) is 2.79. The van der Waals surface area contributed by atoms with Gasteiger partial charge >= 0.3 is 11.9 Å². The van der Waals surface area contributed by atoms with Crippen molar-refractivity contribution in [3.8, 4) is 0 Å². The molecule has 0 aromatic carbocycles. The van der Waals surface area contributed by atoms with Gasteiger partial charge in [0, 0.05) is 12.8 Å². The second-order valence-corrected chi connectivity index (χ2v) is 5.51. The first-order valence-electron chi connectivity index (χ1n) is 7.94. The molecule has 0 aromatic rings. The van der Waals surface area contributed by atoms with Gasteiger partial charge in [0.05, 0.1) is 25.6 Å². The quantitative estimate of drug-likeness (QED) is 0.408. The van der Waals surface area contributed by atoms with Gasteiger partial charge in [-0.1, -0.05) is 14.4 Å². The molecule has 0 aliphatic rings. The van der Waals surface area contributed by atoms with Crippen molar-refractivity contribution in [3.63, 3.8) is 0 Å². The summed E-state index contributed by atoms with van der Waals surface area (Å²) in [5.41, 5.74) is 0. The average molecular weight is 376 g/mol. The fraction of sp³-hybridized carbons (Fsp3) is 0.882. The lowest BCUT2D eigenvalue weighted by atomic mass is 9.99. The van der Waals surface area contributed by atoms with Crippen molar-refractivity contribution in [2.75, 3.05) is 13.2 Å². The molecule has 152 valence electrons. The number of esters is 2. The fourth-order valence-corrected chi connectivity index (χ4v) is 1.64. The number of hydrogen-bond donors (Lipinski definition) is 0. The molecule has 0 bridgehead atoms. The molecule has 0 N–H and O–H groups in total. The van der Waals surface area contributed by atoms with Crippen LogP contribution in [-0.2, 0) is 19.1 Å². The highest BCUT2D eigenvalue weighted by Crippen LogP contribution is 2.25. The Morgan fingerprint density at radius 1 is 0.920 bits per heavy atom. The van der Waals surface area contributed by atoms with E-state index < -0.39 is 42.5 Å². The zero-order chi connectivity index (χ0) is 19.4. The highest BCUT2D eigenvalue weighted by atomic mass is 19.3. The second-order valence-electron chi connectivity index (χ2n) is 5.51. The van der Waals surface area contributed by atoms with Gasteiger partial charge in [-0.05, 0) is 34.1 Å². The van der Waals surface area contributed by atoms with Crippen LogP contribution in [-0.4, -0.2) is 37.0 Å². The number of alkyl halides is 4. The van der Waals surface area contributed by atoms with Crippen LogP contribution >= 0.6 is 0 Å². The van der Waals surface area contributed by atoms with Gasteiger partial charge in [0.15, 0.2) is 0 Å². The summed E-state index contributed by atoms with van der Waals surface area (Å²) >= 11 is 0. The van der Waals surface area contributed by atoms with Crippen molar-refractivity contribution in [1.29, 1.82) is 0 Å². The molecule has 0 amide bonds. The van der Waals surface area contributed by atoms with E-state index in [1.807, 2.05) is 0 Å². The molecule has 0 saturated heterocycles. The van der Waals surface area contributed by atoms with Crippen molar-refractivity contribution in [3.05, 3.63) is 0 Å². The predicted molar refractivity (Wildman–Crippen MR) is 88.9 cm³/mol. The Bertz CT molecular complexity index is 363. The minimum atomic E-state index is -2.80. The summed E-state index contributed by atoms with van der Waals surface area (Å²) in [7, 11) is 0. The van der Waals surface area contributed by atoms with Crippen LogP contribution in [0.2, 0.25) is 0 Å². The molecule has 0 aliphatic carbocycles. The first-order valence-corrected chi connectivity index (χ1v) is 7.94. The molecule has 0 rings (SSSR count). The summed E-state index contributed by atoms with van der Waals surface area (Å²) in [4.78, 5) is 21.6. The van der Waals surface area contributed by atoms with Gasteiger partial charge in [-0.3, -0.25) is 9.59 Å². The van der Waals surface area contributed by atoms with Crippen LogP contribution in [0.15, 0.2) is 0 Å². The van der Waals surface area contributed by atoms with Crippen molar-refractivity contribution >= 4 is 11.9 Å². The summed E-state index contributed by atoms with van der Waals surface area (Å²) in [6.45, 7) is 7.09. The Labute approximate surface area is 148 Å². The minimum Gasteiger partial charge on any atom is -0.466 e. The van der Waals surface area contributed by atoms with Crippen LogP contribution in [0.4, 0.5) is 17.6 Å². The summed E-state index contributed by atoms with van der Waals surface area (Å²) in [5, 5.41) is 0. The summed E-state index contributed by atoms with van der Waals surface area (Å²) in [6, 6.07) is 0. The lowest BCUT2D eigenvalue weighted by Crippen LogP contribution is -2.24. The first kappa shape index (κ1) is 28.5. The van der Waals surface area contributed by atoms with E-state index in [9.17, 15) is 27.2 Å². The molecule has 0 aromatic heterocycles. The molecular weight excluding hydrogens is 344 g/mol. The average Bonchev–Trinajstić information content (AvgIpc) is 2.42. The molecular formula is C17H32F4O4. The largest absolute Gasteiger partial charge is 0.466 e. The van der Waals surface area contributed by atoms with E-state index in [1.54, 1.807) is 20.8 Å². The number of carbonyl (C=O) groups excluding carboxylic acids is 2. The third-order valence-corrected chi connectivity index (χ3v) is 2.79. The maximum atomic E-state index is 12.6. The molecule has 8 heteroatoms. The number of ether oxygens (including phenoxy) is 2. The lowest BCUT2D eigenvalue weighted by molar-refractivity contribution is -0.151. The zero-order valence-corrected chi connectivity index (χ0v) is 15.0. The summed E-state index contributed by atoms with van der Waals surface area (Å²) in [5.74, 6) is -7.33. The van der Waals surface area contributed by atoms with Crippen LogP contribution in [0.1, 0.15) is 67.7 Å². The molecule has 0 spiro atoms. The maximum absolute atomic E-state index is 12.6. The topological polar surface area (TPSA) is 52.6 Å². The van der Waals surface area contributed by atoms with E-state index in [0.717, 1.165) is 13.8 Å². The molecule has 25 heavy (non-hydrogen) atoms. The molecule has 0 saturated carbocycles. The Morgan fingerprint density at radius 3 is 1.72 bits per heavy atom. The number of rotatable bonds is 9. The van der Waals surface area contributed by atoms with E-state index >= 15 is 0 Å². The predicted octanol–water partition coefficient (Wildman–Crippen LogP) is 5.24. The van der Waals surface area contributed by atoms with E-state index in [4.69, 9.17) is 0 Å². The smallest absolute Gasteiger partial charge is 0.309 e. The fourth-order valence-electron chi connectivity index (χ4n) is 1.64. The Balaban J connectivity index is -0.000000377. The highest BCUT2D eigenvalue weighted by Gasteiger charge is 2.30. The highest BCUT2D eigenvalue weighted by molar-refractivity contribution is 5.72. The van der Waals surface area contributed by atoms with Crippen LogP contribution in [0.5, 0.6) is 0 Å². The molecule has 0 aliphatic heterocycles. The summed E-state index contributed by atoms with van der Waals surface area (Å²) < 4.78 is 58.5. The van der Waals surface area contributed by atoms with E-state index in [1.165, 1.54) is 0 Å². The normalized spacial score (nSPS) is 12.2.